The summed E-state index contributed by atoms with van der Waals surface area (Å²) in [6.07, 6.45) is -0.827. The van der Waals surface area contributed by atoms with Crippen molar-refractivity contribution in [2.24, 2.45) is 0 Å². The van der Waals surface area contributed by atoms with Crippen molar-refractivity contribution in [3.8, 4) is 5.75 Å². The van der Waals surface area contributed by atoms with E-state index >= 15 is 0 Å². The summed E-state index contributed by atoms with van der Waals surface area (Å²) in [5.74, 6) is -1.04. The van der Waals surface area contributed by atoms with E-state index in [4.69, 9.17) is 4.74 Å². The number of amides is 1. The zero-order valence-electron chi connectivity index (χ0n) is 18.3. The number of rotatable bonds is 7. The molecular formula is C25H29NO5. The van der Waals surface area contributed by atoms with Crippen LogP contribution < -0.4 is 4.74 Å². The smallest absolute Gasteiger partial charge is 0.295 e. The molecule has 0 aliphatic carbocycles. The van der Waals surface area contributed by atoms with Gasteiger partial charge in [0.1, 0.15) is 11.5 Å². The number of hydrogen-bond acceptors (Lipinski definition) is 5. The minimum atomic E-state index is -0.827. The van der Waals surface area contributed by atoms with Crippen LogP contribution in [0.1, 0.15) is 56.3 Å². The Morgan fingerprint density at radius 3 is 2.29 bits per heavy atom. The fourth-order valence-electron chi connectivity index (χ4n) is 3.85. The minimum absolute atomic E-state index is 0.00454. The first-order valence-electron chi connectivity index (χ1n) is 10.5. The highest BCUT2D eigenvalue weighted by Crippen LogP contribution is 2.41. The Bertz CT molecular complexity index is 991. The molecule has 1 amide bonds. The second-order valence-electron chi connectivity index (χ2n) is 8.05. The first-order chi connectivity index (χ1) is 14.8. The van der Waals surface area contributed by atoms with Gasteiger partial charge in [-0.3, -0.25) is 9.59 Å². The third-order valence-corrected chi connectivity index (χ3v) is 5.36. The Balaban J connectivity index is 2.19. The van der Waals surface area contributed by atoms with Crippen LogP contribution in [-0.4, -0.2) is 46.1 Å². The Morgan fingerprint density at radius 2 is 1.71 bits per heavy atom. The number of likely N-dealkylation sites (tertiary alicyclic amines) is 1. The van der Waals surface area contributed by atoms with Gasteiger partial charge in [0, 0.05) is 6.54 Å². The lowest BCUT2D eigenvalue weighted by molar-refractivity contribution is -0.140. The summed E-state index contributed by atoms with van der Waals surface area (Å²) in [5, 5.41) is 21.1. The van der Waals surface area contributed by atoms with Crippen LogP contribution in [0.3, 0.4) is 0 Å². The number of aliphatic hydroxyl groups excluding tert-OH is 2. The molecule has 2 aromatic rings. The summed E-state index contributed by atoms with van der Waals surface area (Å²) in [4.78, 5) is 27.2. The van der Waals surface area contributed by atoms with Gasteiger partial charge < -0.3 is 19.8 Å². The van der Waals surface area contributed by atoms with E-state index in [2.05, 4.69) is 13.8 Å². The maximum absolute atomic E-state index is 13.0. The minimum Gasteiger partial charge on any atom is -0.507 e. The van der Waals surface area contributed by atoms with Crippen molar-refractivity contribution < 1.29 is 24.5 Å². The summed E-state index contributed by atoms with van der Waals surface area (Å²) in [6, 6.07) is 13.7. The molecule has 1 aliphatic rings. The molecular weight excluding hydrogens is 394 g/mol. The van der Waals surface area contributed by atoms with Crippen LogP contribution in [-0.2, 0) is 9.59 Å². The zero-order valence-corrected chi connectivity index (χ0v) is 18.3. The number of ether oxygens (including phenoxy) is 1. The zero-order chi connectivity index (χ0) is 22.7. The first-order valence-corrected chi connectivity index (χ1v) is 10.5. The lowest BCUT2D eigenvalue weighted by Crippen LogP contribution is -2.35. The van der Waals surface area contributed by atoms with E-state index in [9.17, 15) is 19.8 Å². The van der Waals surface area contributed by atoms with Gasteiger partial charge in [0.25, 0.3) is 11.7 Å². The molecule has 0 saturated carbocycles. The third-order valence-electron chi connectivity index (χ3n) is 5.36. The summed E-state index contributed by atoms with van der Waals surface area (Å²) in [7, 11) is 0. The quantitative estimate of drug-likeness (QED) is 0.399. The number of Topliss-reactive ketones (excluding diaryl/α,β-unsaturated/α-hetero) is 1. The van der Waals surface area contributed by atoms with Crippen molar-refractivity contribution in [2.45, 2.75) is 45.8 Å². The van der Waals surface area contributed by atoms with E-state index in [0.717, 1.165) is 5.56 Å². The average molecular weight is 424 g/mol. The fourth-order valence-corrected chi connectivity index (χ4v) is 3.85. The summed E-state index contributed by atoms with van der Waals surface area (Å²) < 4.78 is 5.61. The molecule has 6 heteroatoms. The van der Waals surface area contributed by atoms with E-state index in [-0.39, 0.29) is 17.9 Å². The van der Waals surface area contributed by atoms with Crippen LogP contribution >= 0.6 is 0 Å². The van der Waals surface area contributed by atoms with Gasteiger partial charge in [0.05, 0.1) is 29.9 Å². The highest BCUT2D eigenvalue weighted by atomic mass is 16.5. The molecule has 3 rings (SSSR count). The monoisotopic (exact) mass is 423 g/mol. The van der Waals surface area contributed by atoms with E-state index in [1.165, 1.54) is 4.90 Å². The van der Waals surface area contributed by atoms with Crippen LogP contribution in [0.5, 0.6) is 5.75 Å². The molecule has 1 heterocycles. The number of nitrogens with zero attached hydrogens (tertiary/aromatic N) is 1. The molecule has 2 atom stereocenters. The van der Waals surface area contributed by atoms with Gasteiger partial charge in [-0.25, -0.2) is 0 Å². The third kappa shape index (κ3) is 4.49. The summed E-state index contributed by atoms with van der Waals surface area (Å²) in [6.45, 7) is 7.92. The van der Waals surface area contributed by atoms with Crippen LogP contribution in [0.4, 0.5) is 0 Å². The lowest BCUT2D eigenvalue weighted by atomic mass is 9.93. The highest BCUT2D eigenvalue weighted by molar-refractivity contribution is 6.46. The maximum atomic E-state index is 13.0. The van der Waals surface area contributed by atoms with E-state index in [0.29, 0.717) is 29.4 Å². The number of para-hydroxylation sites is 1. The molecule has 0 aromatic heterocycles. The number of aliphatic hydroxyl groups is 2. The SMILES string of the molecule is CCOc1ccccc1/C(O)=C1\C(=O)C(=O)N(CC(C)O)C1c1ccc(C(C)C)cc1. The van der Waals surface area contributed by atoms with Gasteiger partial charge in [-0.15, -0.1) is 0 Å². The average Bonchev–Trinajstić information content (AvgIpc) is 2.98. The van der Waals surface area contributed by atoms with E-state index in [1.807, 2.05) is 31.2 Å². The van der Waals surface area contributed by atoms with Gasteiger partial charge in [-0.2, -0.15) is 0 Å². The van der Waals surface area contributed by atoms with E-state index < -0.39 is 23.8 Å². The topological polar surface area (TPSA) is 87.1 Å². The number of carbonyl (C=O) groups is 2. The van der Waals surface area contributed by atoms with Gasteiger partial charge in [0.15, 0.2) is 0 Å². The summed E-state index contributed by atoms with van der Waals surface area (Å²) in [5.41, 5.74) is 2.16. The van der Waals surface area contributed by atoms with E-state index in [1.54, 1.807) is 31.2 Å². The largest absolute Gasteiger partial charge is 0.507 e. The Labute approximate surface area is 182 Å². The highest BCUT2D eigenvalue weighted by Gasteiger charge is 2.46. The Morgan fingerprint density at radius 1 is 1.06 bits per heavy atom. The normalized spacial score (nSPS) is 19.2. The lowest BCUT2D eigenvalue weighted by Gasteiger charge is -2.26. The Kier molecular flexibility index (Phi) is 6.81. The number of ketones is 1. The molecule has 0 radical (unpaired) electrons. The number of benzene rings is 2. The molecule has 6 nitrogen and oxygen atoms in total. The van der Waals surface area contributed by atoms with Gasteiger partial charge in [-0.1, -0.05) is 50.2 Å². The number of β-amino-alcohol motifs (C(OH)–C–C–N with tert-alkyl or cyclic N) is 1. The molecule has 2 unspecified atom stereocenters. The van der Waals surface area contributed by atoms with Crippen molar-refractivity contribution in [1.82, 2.24) is 4.90 Å². The van der Waals surface area contributed by atoms with Crippen molar-refractivity contribution in [2.75, 3.05) is 13.2 Å². The standard InChI is InChI=1S/C25H29NO5/c1-5-31-20-9-7-6-8-19(20)23(28)21-22(18-12-10-17(11-13-18)15(2)3)26(14-16(4)27)25(30)24(21)29/h6-13,15-16,22,27-28H,5,14H2,1-4H3/b23-21+. The molecule has 1 saturated heterocycles. The fraction of sp³-hybridized carbons (Fsp3) is 0.360. The van der Waals surface area contributed by atoms with Crippen molar-refractivity contribution in [3.63, 3.8) is 0 Å². The van der Waals surface area contributed by atoms with Gasteiger partial charge in [-0.05, 0) is 43.0 Å². The molecule has 0 spiro atoms. The van der Waals surface area contributed by atoms with Crippen LogP contribution in [0, 0.1) is 0 Å². The van der Waals surface area contributed by atoms with Crippen LogP contribution in [0.15, 0.2) is 54.1 Å². The first kappa shape index (κ1) is 22.6. The van der Waals surface area contributed by atoms with Crippen LogP contribution in [0.2, 0.25) is 0 Å². The van der Waals surface area contributed by atoms with Gasteiger partial charge >= 0.3 is 0 Å². The van der Waals surface area contributed by atoms with Gasteiger partial charge in [0.2, 0.25) is 0 Å². The molecule has 2 N–H and O–H groups in total. The van der Waals surface area contributed by atoms with Crippen molar-refractivity contribution >= 4 is 17.4 Å². The van der Waals surface area contributed by atoms with Crippen LogP contribution in [0.25, 0.3) is 5.76 Å². The van der Waals surface area contributed by atoms with Crippen molar-refractivity contribution in [3.05, 3.63) is 70.8 Å². The maximum Gasteiger partial charge on any atom is 0.295 e. The Hall–Kier alpha value is -3.12. The summed E-state index contributed by atoms with van der Waals surface area (Å²) >= 11 is 0. The predicted molar refractivity (Wildman–Crippen MR) is 119 cm³/mol. The molecule has 1 fully saturated rings. The molecule has 31 heavy (non-hydrogen) atoms. The predicted octanol–water partition coefficient (Wildman–Crippen LogP) is 4.01. The molecule has 2 aromatic carbocycles. The molecule has 0 bridgehead atoms. The van der Waals surface area contributed by atoms with Crippen molar-refractivity contribution in [1.29, 1.82) is 0 Å². The second kappa shape index (κ2) is 9.35. The second-order valence-corrected chi connectivity index (χ2v) is 8.05. The number of hydrogen-bond donors (Lipinski definition) is 2. The number of carbonyl (C=O) groups excluding carboxylic acids is 2. The molecule has 164 valence electrons. The molecule has 1 aliphatic heterocycles.